The van der Waals surface area contributed by atoms with Crippen molar-refractivity contribution in [2.24, 2.45) is 35.5 Å². The monoisotopic (exact) mass is 374 g/mol. The predicted octanol–water partition coefficient (Wildman–Crippen LogP) is 3.38. The van der Waals surface area contributed by atoms with Crippen molar-refractivity contribution in [2.75, 3.05) is 5.32 Å². The summed E-state index contributed by atoms with van der Waals surface area (Å²) in [6, 6.07) is 11.7. The lowest BCUT2D eigenvalue weighted by molar-refractivity contribution is -0.152. The Morgan fingerprint density at radius 2 is 1.54 bits per heavy atom. The first kappa shape index (κ1) is 17.2. The maximum Gasteiger partial charge on any atom is 0.307 e. The Bertz CT molecular complexity index is 938. The lowest BCUT2D eigenvalue weighted by Crippen LogP contribution is -2.48. The van der Waals surface area contributed by atoms with Gasteiger partial charge in [0.25, 0.3) is 0 Å². The van der Waals surface area contributed by atoms with Crippen LogP contribution in [0.2, 0.25) is 0 Å². The fourth-order valence-electron chi connectivity index (χ4n) is 5.24. The Hall–Kier alpha value is -2.95. The average molecular weight is 374 g/mol. The summed E-state index contributed by atoms with van der Waals surface area (Å²) in [6.07, 6.45) is 9.53. The van der Waals surface area contributed by atoms with E-state index in [0.717, 1.165) is 18.4 Å². The molecule has 5 nitrogen and oxygen atoms in total. The smallest absolute Gasteiger partial charge is 0.307 e. The molecular weight excluding hydrogens is 352 g/mol. The van der Waals surface area contributed by atoms with E-state index < -0.39 is 17.8 Å². The Labute approximate surface area is 163 Å². The first-order chi connectivity index (χ1) is 13.6. The number of amides is 1. The maximum atomic E-state index is 13.0. The Morgan fingerprint density at radius 3 is 2.18 bits per heavy atom. The summed E-state index contributed by atoms with van der Waals surface area (Å²) in [7, 11) is 0. The molecule has 0 unspecified atom stereocenters. The fraction of sp³-hybridized carbons (Fsp3) is 0.348. The van der Waals surface area contributed by atoms with E-state index in [9.17, 15) is 14.7 Å². The molecule has 1 aromatic carbocycles. The molecular formula is C23H22N2O3. The van der Waals surface area contributed by atoms with Crippen molar-refractivity contribution < 1.29 is 14.7 Å². The molecule has 1 aromatic heterocycles. The molecule has 1 amide bonds. The normalized spacial score (nSPS) is 31.9. The highest BCUT2D eigenvalue weighted by Gasteiger charge is 2.62. The summed E-state index contributed by atoms with van der Waals surface area (Å²) >= 11 is 0. The number of rotatable bonds is 5. The van der Waals surface area contributed by atoms with Crippen molar-refractivity contribution in [2.45, 2.75) is 12.8 Å². The first-order valence-electron chi connectivity index (χ1n) is 9.81. The van der Waals surface area contributed by atoms with Crippen LogP contribution in [0.5, 0.6) is 0 Å². The van der Waals surface area contributed by atoms with Crippen LogP contribution < -0.4 is 5.32 Å². The molecule has 2 N–H and O–H groups in total. The Morgan fingerprint density at radius 1 is 0.929 bits per heavy atom. The summed E-state index contributed by atoms with van der Waals surface area (Å²) in [6.45, 7) is 0. The number of benzene rings is 1. The zero-order valence-electron chi connectivity index (χ0n) is 15.4. The van der Waals surface area contributed by atoms with Crippen LogP contribution in [0.25, 0.3) is 0 Å². The van der Waals surface area contributed by atoms with Crippen molar-refractivity contribution in [3.63, 3.8) is 0 Å². The van der Waals surface area contributed by atoms with E-state index in [1.807, 2.05) is 42.5 Å². The minimum Gasteiger partial charge on any atom is -0.481 e. The van der Waals surface area contributed by atoms with Crippen molar-refractivity contribution >= 4 is 17.6 Å². The third-order valence-electron chi connectivity index (χ3n) is 6.62. The Kier molecular flexibility index (Phi) is 4.04. The van der Waals surface area contributed by atoms with Crippen LogP contribution in [0.4, 0.5) is 5.69 Å². The van der Waals surface area contributed by atoms with Crippen molar-refractivity contribution in [1.82, 2.24) is 4.98 Å². The largest absolute Gasteiger partial charge is 0.481 e. The number of aliphatic carboxylic acids is 1. The average Bonchev–Trinajstić information content (AvgIpc) is 3.52. The number of fused-ring (bicyclic) bond motifs is 1. The van der Waals surface area contributed by atoms with Gasteiger partial charge in [-0.05, 0) is 71.9 Å². The van der Waals surface area contributed by atoms with E-state index in [4.69, 9.17) is 0 Å². The third-order valence-corrected chi connectivity index (χ3v) is 6.62. The van der Waals surface area contributed by atoms with E-state index in [-0.39, 0.29) is 17.7 Å². The number of allylic oxidation sites excluding steroid dienone is 2. The molecule has 2 fully saturated rings. The van der Waals surface area contributed by atoms with Gasteiger partial charge in [0.1, 0.15) is 0 Å². The highest BCUT2D eigenvalue weighted by Crippen LogP contribution is 2.63. The van der Waals surface area contributed by atoms with Crippen LogP contribution in [0.1, 0.15) is 17.5 Å². The Balaban J connectivity index is 1.30. The van der Waals surface area contributed by atoms with Gasteiger partial charge in [-0.2, -0.15) is 0 Å². The SMILES string of the molecule is O=C(Nc1ccc(Cc2ccncc2)cc1)[C@@H]1[C@H]2C=C[C@H]([C@H]3C[C@H]23)[C@@H]1C(=O)O. The standard InChI is InChI=1S/C23H22N2O3/c26-22(20-16-5-6-17(19-12-18(16)19)21(20)23(27)28)25-15-3-1-13(2-4-15)11-14-7-9-24-10-8-14/h1-10,16-21H,11-12H2,(H,25,26)(H,27,28)/t16-,17+,18+,19+,20+,21-/m0/s1. The lowest BCUT2D eigenvalue weighted by atomic mass is 9.62. The van der Waals surface area contributed by atoms with Crippen LogP contribution in [0, 0.1) is 35.5 Å². The number of hydrogen-bond acceptors (Lipinski definition) is 3. The highest BCUT2D eigenvalue weighted by molar-refractivity contribution is 5.96. The summed E-state index contributed by atoms with van der Waals surface area (Å²) in [5.41, 5.74) is 3.04. The van der Waals surface area contributed by atoms with E-state index in [0.29, 0.717) is 17.5 Å². The van der Waals surface area contributed by atoms with Gasteiger partial charge in [-0.1, -0.05) is 24.3 Å². The molecule has 0 radical (unpaired) electrons. The van der Waals surface area contributed by atoms with Crippen LogP contribution in [-0.4, -0.2) is 22.0 Å². The molecule has 2 saturated carbocycles. The lowest BCUT2D eigenvalue weighted by Gasteiger charge is -2.41. The minimum absolute atomic E-state index is 0.00554. The van der Waals surface area contributed by atoms with Gasteiger partial charge in [-0.25, -0.2) is 0 Å². The summed E-state index contributed by atoms with van der Waals surface area (Å²) in [5.74, 6) is -1.08. The molecule has 2 bridgehead atoms. The van der Waals surface area contributed by atoms with Crippen molar-refractivity contribution in [3.05, 3.63) is 72.1 Å². The van der Waals surface area contributed by atoms with Gasteiger partial charge in [0.15, 0.2) is 0 Å². The number of carbonyl (C=O) groups is 2. The van der Waals surface area contributed by atoms with E-state index in [1.54, 1.807) is 12.4 Å². The number of nitrogens with one attached hydrogen (secondary N) is 1. The summed E-state index contributed by atoms with van der Waals surface area (Å²) in [5, 5.41) is 12.7. The second kappa shape index (κ2) is 6.59. The van der Waals surface area contributed by atoms with Gasteiger partial charge in [-0.15, -0.1) is 0 Å². The summed E-state index contributed by atoms with van der Waals surface area (Å²) < 4.78 is 0. The molecule has 2 aromatic rings. The summed E-state index contributed by atoms with van der Waals surface area (Å²) in [4.78, 5) is 28.9. The fourth-order valence-corrected chi connectivity index (χ4v) is 5.24. The van der Waals surface area contributed by atoms with E-state index in [2.05, 4.69) is 16.4 Å². The molecule has 1 heterocycles. The topological polar surface area (TPSA) is 79.3 Å². The molecule has 6 atom stereocenters. The molecule has 142 valence electrons. The van der Waals surface area contributed by atoms with Crippen LogP contribution >= 0.6 is 0 Å². The highest BCUT2D eigenvalue weighted by atomic mass is 16.4. The number of nitrogens with zero attached hydrogens (tertiary/aromatic N) is 1. The van der Waals surface area contributed by atoms with E-state index in [1.165, 1.54) is 5.56 Å². The number of carboxylic acids is 1. The van der Waals surface area contributed by atoms with Gasteiger partial charge in [0.2, 0.25) is 5.91 Å². The van der Waals surface area contributed by atoms with Gasteiger partial charge >= 0.3 is 5.97 Å². The molecule has 0 spiro atoms. The van der Waals surface area contributed by atoms with Crippen LogP contribution in [-0.2, 0) is 16.0 Å². The second-order valence-electron chi connectivity index (χ2n) is 8.21. The predicted molar refractivity (Wildman–Crippen MR) is 104 cm³/mol. The zero-order valence-corrected chi connectivity index (χ0v) is 15.4. The molecule has 28 heavy (non-hydrogen) atoms. The molecule has 0 saturated heterocycles. The number of pyridine rings is 1. The van der Waals surface area contributed by atoms with Gasteiger partial charge in [0.05, 0.1) is 11.8 Å². The zero-order chi connectivity index (χ0) is 19.3. The van der Waals surface area contributed by atoms with Gasteiger partial charge in [-0.3, -0.25) is 14.6 Å². The van der Waals surface area contributed by atoms with Gasteiger partial charge < -0.3 is 10.4 Å². The second-order valence-corrected chi connectivity index (χ2v) is 8.21. The molecule has 4 aliphatic rings. The molecule has 5 heteroatoms. The van der Waals surface area contributed by atoms with E-state index >= 15 is 0 Å². The quantitative estimate of drug-likeness (QED) is 0.787. The third kappa shape index (κ3) is 2.91. The first-order valence-corrected chi connectivity index (χ1v) is 9.81. The van der Waals surface area contributed by atoms with Crippen molar-refractivity contribution in [1.29, 1.82) is 0 Å². The molecule has 0 aliphatic heterocycles. The number of aromatic nitrogens is 1. The number of carboxylic acid groups (broad SMARTS) is 1. The molecule has 6 rings (SSSR count). The van der Waals surface area contributed by atoms with Gasteiger partial charge in [0, 0.05) is 18.1 Å². The molecule has 4 aliphatic carbocycles. The number of carbonyl (C=O) groups excluding carboxylic acids is 1. The minimum atomic E-state index is -0.849. The van der Waals surface area contributed by atoms with Crippen molar-refractivity contribution in [3.8, 4) is 0 Å². The van der Waals surface area contributed by atoms with Crippen LogP contribution in [0.3, 0.4) is 0 Å². The number of anilines is 1. The number of hydrogen-bond donors (Lipinski definition) is 2. The maximum absolute atomic E-state index is 13.0. The van der Waals surface area contributed by atoms with Crippen LogP contribution in [0.15, 0.2) is 60.9 Å².